The molecule has 0 unspecified atom stereocenters. The molecule has 106 valence electrons. The van der Waals surface area contributed by atoms with Gasteiger partial charge in [-0.3, -0.25) is 0 Å². The van der Waals surface area contributed by atoms with Gasteiger partial charge in [-0.15, -0.1) is 0 Å². The van der Waals surface area contributed by atoms with Crippen molar-refractivity contribution in [3.63, 3.8) is 0 Å². The highest BCUT2D eigenvalue weighted by molar-refractivity contribution is 5.47. The van der Waals surface area contributed by atoms with Gasteiger partial charge in [0.2, 0.25) is 0 Å². The maximum absolute atomic E-state index is 4.58. The zero-order valence-electron chi connectivity index (χ0n) is 12.2. The van der Waals surface area contributed by atoms with Crippen LogP contribution in [0.1, 0.15) is 51.8 Å². The number of hydrogen-bond acceptors (Lipinski definition) is 4. The third-order valence-corrected chi connectivity index (χ3v) is 3.40. The first-order valence-corrected chi connectivity index (χ1v) is 7.67. The van der Waals surface area contributed by atoms with E-state index in [-0.39, 0.29) is 0 Å². The van der Waals surface area contributed by atoms with Gasteiger partial charge in [0.15, 0.2) is 0 Å². The lowest BCUT2D eigenvalue weighted by Crippen LogP contribution is -2.09. The fourth-order valence-electron chi connectivity index (χ4n) is 2.21. The highest BCUT2D eigenvalue weighted by Gasteiger charge is 2.19. The van der Waals surface area contributed by atoms with Crippen LogP contribution in [0.25, 0.3) is 0 Å². The highest BCUT2D eigenvalue weighted by atomic mass is 15.1. The van der Waals surface area contributed by atoms with Crippen LogP contribution in [0.3, 0.4) is 0 Å². The number of rotatable bonds is 9. The summed E-state index contributed by atoms with van der Waals surface area (Å²) in [5.41, 5.74) is 0. The lowest BCUT2D eigenvalue weighted by Gasteiger charge is -2.10. The molecule has 4 heteroatoms. The van der Waals surface area contributed by atoms with Gasteiger partial charge in [0, 0.05) is 25.6 Å². The molecule has 19 heavy (non-hydrogen) atoms. The fraction of sp³-hybridized carbons (Fsp3) is 0.733. The number of anilines is 2. The van der Waals surface area contributed by atoms with Crippen LogP contribution < -0.4 is 10.6 Å². The summed E-state index contributed by atoms with van der Waals surface area (Å²) in [6.45, 7) is 6.16. The number of hydrogen-bond donors (Lipinski definition) is 2. The summed E-state index contributed by atoms with van der Waals surface area (Å²) in [5.74, 6) is 3.85. The van der Waals surface area contributed by atoms with Crippen LogP contribution in [0.5, 0.6) is 0 Å². The Morgan fingerprint density at radius 3 is 2.53 bits per heavy atom. The summed E-state index contributed by atoms with van der Waals surface area (Å²) in [6.07, 6.45) is 7.51. The Hall–Kier alpha value is -1.32. The molecule has 1 aliphatic rings. The van der Waals surface area contributed by atoms with E-state index in [1.807, 2.05) is 6.07 Å². The molecular formula is C15H26N4. The molecule has 1 aliphatic carbocycles. The normalized spacial score (nSPS) is 14.4. The van der Waals surface area contributed by atoms with Crippen LogP contribution in [0.4, 0.5) is 11.6 Å². The van der Waals surface area contributed by atoms with Crippen molar-refractivity contribution in [2.45, 2.75) is 52.4 Å². The number of nitrogens with zero attached hydrogens (tertiary/aromatic N) is 2. The van der Waals surface area contributed by atoms with E-state index in [0.717, 1.165) is 49.3 Å². The fourth-order valence-corrected chi connectivity index (χ4v) is 2.21. The molecule has 1 saturated carbocycles. The molecule has 1 fully saturated rings. The topological polar surface area (TPSA) is 49.8 Å². The summed E-state index contributed by atoms with van der Waals surface area (Å²) in [6, 6.07) is 2.01. The molecule has 0 radical (unpaired) electrons. The van der Waals surface area contributed by atoms with Crippen molar-refractivity contribution in [2.24, 2.45) is 5.92 Å². The Balaban J connectivity index is 1.88. The second-order valence-electron chi connectivity index (χ2n) is 5.35. The predicted molar refractivity (Wildman–Crippen MR) is 80.6 cm³/mol. The van der Waals surface area contributed by atoms with E-state index in [4.69, 9.17) is 0 Å². The van der Waals surface area contributed by atoms with Crippen molar-refractivity contribution < 1.29 is 0 Å². The Morgan fingerprint density at radius 2 is 1.89 bits per heavy atom. The van der Waals surface area contributed by atoms with Crippen LogP contribution in [0, 0.1) is 5.92 Å². The average Bonchev–Trinajstić information content (AvgIpc) is 3.19. The third-order valence-electron chi connectivity index (χ3n) is 3.40. The van der Waals surface area contributed by atoms with Crippen molar-refractivity contribution in [3.8, 4) is 0 Å². The van der Waals surface area contributed by atoms with Crippen molar-refractivity contribution in [2.75, 3.05) is 23.7 Å². The number of nitrogens with one attached hydrogen (secondary N) is 2. The number of aromatic nitrogens is 2. The quantitative estimate of drug-likeness (QED) is 0.669. The molecule has 1 heterocycles. The van der Waals surface area contributed by atoms with Gasteiger partial charge in [0.25, 0.3) is 0 Å². The lowest BCUT2D eigenvalue weighted by molar-refractivity contribution is 0.686. The van der Waals surface area contributed by atoms with Crippen molar-refractivity contribution in [3.05, 3.63) is 11.9 Å². The van der Waals surface area contributed by atoms with Crippen molar-refractivity contribution in [1.29, 1.82) is 0 Å². The minimum Gasteiger partial charge on any atom is -0.370 e. The molecule has 0 atom stereocenters. The molecule has 0 spiro atoms. The van der Waals surface area contributed by atoms with E-state index in [1.165, 1.54) is 25.7 Å². The summed E-state index contributed by atoms with van der Waals surface area (Å²) in [7, 11) is 0. The van der Waals surface area contributed by atoms with E-state index in [9.17, 15) is 0 Å². The van der Waals surface area contributed by atoms with Crippen LogP contribution in [-0.4, -0.2) is 23.1 Å². The molecule has 1 aromatic rings. The zero-order valence-corrected chi connectivity index (χ0v) is 12.2. The minimum atomic E-state index is 0.893. The Kier molecular flexibility index (Phi) is 5.43. The number of aryl methyl sites for hydroxylation is 1. The van der Waals surface area contributed by atoms with Crippen LogP contribution in [0.15, 0.2) is 6.07 Å². The maximum atomic E-state index is 4.58. The van der Waals surface area contributed by atoms with Crippen LogP contribution in [-0.2, 0) is 6.42 Å². The summed E-state index contributed by atoms with van der Waals surface area (Å²) < 4.78 is 0. The van der Waals surface area contributed by atoms with E-state index >= 15 is 0 Å². The first kappa shape index (κ1) is 14.1. The van der Waals surface area contributed by atoms with E-state index in [2.05, 4.69) is 34.4 Å². The molecule has 0 amide bonds. The van der Waals surface area contributed by atoms with Gasteiger partial charge in [-0.2, -0.15) is 0 Å². The van der Waals surface area contributed by atoms with Crippen molar-refractivity contribution >= 4 is 11.6 Å². The minimum absolute atomic E-state index is 0.893. The van der Waals surface area contributed by atoms with Crippen LogP contribution >= 0.6 is 0 Å². The van der Waals surface area contributed by atoms with Gasteiger partial charge in [-0.25, -0.2) is 9.97 Å². The van der Waals surface area contributed by atoms with Gasteiger partial charge in [-0.05, 0) is 32.1 Å². The third kappa shape index (κ3) is 5.05. The first-order valence-electron chi connectivity index (χ1n) is 7.67. The molecule has 0 aliphatic heterocycles. The molecule has 0 bridgehead atoms. The zero-order chi connectivity index (χ0) is 13.5. The van der Waals surface area contributed by atoms with Gasteiger partial charge in [0.05, 0.1) is 0 Å². The summed E-state index contributed by atoms with van der Waals surface area (Å²) in [5, 5.41) is 6.71. The molecular weight excluding hydrogens is 236 g/mol. The largest absolute Gasteiger partial charge is 0.370 e. The Labute approximate surface area is 116 Å². The first-order chi connectivity index (χ1) is 9.31. The molecule has 4 nitrogen and oxygen atoms in total. The molecule has 1 aromatic heterocycles. The smallest absolute Gasteiger partial charge is 0.133 e. The summed E-state index contributed by atoms with van der Waals surface area (Å²) >= 11 is 0. The Morgan fingerprint density at radius 1 is 1.16 bits per heavy atom. The highest BCUT2D eigenvalue weighted by Crippen LogP contribution is 2.33. The van der Waals surface area contributed by atoms with Gasteiger partial charge < -0.3 is 10.6 Å². The van der Waals surface area contributed by atoms with Gasteiger partial charge in [-0.1, -0.05) is 19.8 Å². The lowest BCUT2D eigenvalue weighted by atomic mass is 10.2. The molecule has 2 N–H and O–H groups in total. The van der Waals surface area contributed by atoms with E-state index < -0.39 is 0 Å². The average molecular weight is 262 g/mol. The Bertz CT molecular complexity index is 363. The van der Waals surface area contributed by atoms with Gasteiger partial charge in [0.1, 0.15) is 17.5 Å². The van der Waals surface area contributed by atoms with E-state index in [0.29, 0.717) is 0 Å². The van der Waals surface area contributed by atoms with Gasteiger partial charge >= 0.3 is 0 Å². The van der Waals surface area contributed by atoms with Crippen molar-refractivity contribution in [1.82, 2.24) is 9.97 Å². The second kappa shape index (κ2) is 7.31. The van der Waals surface area contributed by atoms with Crippen LogP contribution in [0.2, 0.25) is 0 Å². The monoisotopic (exact) mass is 262 g/mol. The maximum Gasteiger partial charge on any atom is 0.133 e. The molecule has 0 aromatic carbocycles. The SMILES string of the molecule is CCCc1nc(NCC)cc(NCCCC2CC2)n1. The summed E-state index contributed by atoms with van der Waals surface area (Å²) in [4.78, 5) is 9.09. The molecule has 0 saturated heterocycles. The molecule has 2 rings (SSSR count). The van der Waals surface area contributed by atoms with E-state index in [1.54, 1.807) is 0 Å². The standard InChI is InChI=1S/C15H26N4/c1-3-6-13-18-14(16-4-2)11-15(19-13)17-10-5-7-12-8-9-12/h11-12H,3-10H2,1-2H3,(H2,16,17,18,19). The predicted octanol–water partition coefficient (Wildman–Crippen LogP) is 3.46. The second-order valence-corrected chi connectivity index (χ2v) is 5.35.